The summed E-state index contributed by atoms with van der Waals surface area (Å²) in [6.07, 6.45) is 0.634. The molecule has 0 spiro atoms. The van der Waals surface area contributed by atoms with Crippen molar-refractivity contribution in [3.63, 3.8) is 0 Å². The lowest BCUT2D eigenvalue weighted by Gasteiger charge is -2.38. The Morgan fingerprint density at radius 2 is 1.82 bits per heavy atom. The largest absolute Gasteiger partial charge is 0.480 e. The molecule has 0 saturated carbocycles. The molecular formula is C17H23NO4. The molecule has 0 radical (unpaired) electrons. The highest BCUT2D eigenvalue weighted by atomic mass is 16.6. The zero-order valence-electron chi connectivity index (χ0n) is 13.3. The first kappa shape index (κ1) is 16.3. The third kappa shape index (κ3) is 4.00. The van der Waals surface area contributed by atoms with Crippen molar-refractivity contribution in [1.29, 1.82) is 0 Å². The van der Waals surface area contributed by atoms with E-state index in [2.05, 4.69) is 0 Å². The normalized spacial score (nSPS) is 22.2. The van der Waals surface area contributed by atoms with Crippen LogP contribution in [-0.2, 0) is 9.53 Å². The van der Waals surface area contributed by atoms with Crippen molar-refractivity contribution in [2.45, 2.75) is 51.2 Å². The number of carbonyl (C=O) groups excluding carboxylic acids is 1. The number of carboxylic acids is 1. The first-order valence-electron chi connectivity index (χ1n) is 7.55. The third-order valence-electron chi connectivity index (χ3n) is 3.77. The molecule has 1 aromatic rings. The Hall–Kier alpha value is -2.04. The van der Waals surface area contributed by atoms with Gasteiger partial charge in [-0.1, -0.05) is 30.3 Å². The second-order valence-corrected chi connectivity index (χ2v) is 6.67. The van der Waals surface area contributed by atoms with Crippen LogP contribution in [0.1, 0.15) is 45.1 Å². The van der Waals surface area contributed by atoms with Crippen LogP contribution in [0, 0.1) is 0 Å². The smallest absolute Gasteiger partial charge is 0.411 e. The molecular weight excluding hydrogens is 282 g/mol. The van der Waals surface area contributed by atoms with E-state index in [0.29, 0.717) is 13.0 Å². The number of likely N-dealkylation sites (tertiary alicyclic amines) is 1. The van der Waals surface area contributed by atoms with Crippen LogP contribution in [0.2, 0.25) is 0 Å². The van der Waals surface area contributed by atoms with Crippen molar-refractivity contribution in [1.82, 2.24) is 4.90 Å². The summed E-state index contributed by atoms with van der Waals surface area (Å²) in [4.78, 5) is 25.1. The second kappa shape index (κ2) is 6.38. The minimum Gasteiger partial charge on any atom is -0.480 e. The van der Waals surface area contributed by atoms with Gasteiger partial charge in [-0.05, 0) is 39.2 Å². The summed E-state index contributed by atoms with van der Waals surface area (Å²) in [7, 11) is 0. The predicted molar refractivity (Wildman–Crippen MR) is 82.8 cm³/mol. The first-order chi connectivity index (χ1) is 10.3. The van der Waals surface area contributed by atoms with Crippen LogP contribution in [0.3, 0.4) is 0 Å². The highest BCUT2D eigenvalue weighted by Gasteiger charge is 2.38. The fraction of sp³-hybridized carbons (Fsp3) is 0.529. The van der Waals surface area contributed by atoms with Gasteiger partial charge in [0.25, 0.3) is 0 Å². The van der Waals surface area contributed by atoms with Crippen molar-refractivity contribution >= 4 is 12.1 Å². The van der Waals surface area contributed by atoms with Gasteiger partial charge in [0.15, 0.2) is 0 Å². The molecule has 2 rings (SSSR count). The number of hydrogen-bond acceptors (Lipinski definition) is 3. The standard InChI is InChI=1S/C17H23NO4/c1-17(2,3)22-16(21)18-11-13(9-10-14(18)15(19)20)12-7-5-4-6-8-12/h4-8,13-14H,9-11H2,1-3H3,(H,19,20)/t13-,14-/m1/s1. The molecule has 0 aliphatic carbocycles. The Morgan fingerprint density at radius 3 is 2.36 bits per heavy atom. The number of piperidine rings is 1. The van der Waals surface area contributed by atoms with Crippen LogP contribution in [0.25, 0.3) is 0 Å². The molecule has 1 fully saturated rings. The Morgan fingerprint density at radius 1 is 1.18 bits per heavy atom. The monoisotopic (exact) mass is 305 g/mol. The minimum absolute atomic E-state index is 0.143. The molecule has 2 atom stereocenters. The van der Waals surface area contributed by atoms with E-state index < -0.39 is 23.7 Å². The number of benzene rings is 1. The molecule has 0 unspecified atom stereocenters. The van der Waals surface area contributed by atoms with Crippen LogP contribution in [0.4, 0.5) is 4.79 Å². The zero-order chi connectivity index (χ0) is 16.3. The van der Waals surface area contributed by atoms with E-state index in [1.165, 1.54) is 4.90 Å². The van der Waals surface area contributed by atoms with E-state index >= 15 is 0 Å². The molecule has 0 bridgehead atoms. The van der Waals surface area contributed by atoms with Crippen LogP contribution in [0.5, 0.6) is 0 Å². The van der Waals surface area contributed by atoms with Gasteiger partial charge in [0, 0.05) is 12.5 Å². The Kier molecular flexibility index (Phi) is 4.74. The van der Waals surface area contributed by atoms with Gasteiger partial charge in [0.2, 0.25) is 0 Å². The molecule has 1 aliphatic rings. The van der Waals surface area contributed by atoms with Crippen LogP contribution >= 0.6 is 0 Å². The molecule has 1 saturated heterocycles. The van der Waals surface area contributed by atoms with Crippen LogP contribution in [0.15, 0.2) is 30.3 Å². The maximum atomic E-state index is 12.3. The summed E-state index contributed by atoms with van der Waals surface area (Å²) >= 11 is 0. The third-order valence-corrected chi connectivity index (χ3v) is 3.77. The Bertz CT molecular complexity index is 535. The molecule has 120 valence electrons. The van der Waals surface area contributed by atoms with E-state index in [1.54, 1.807) is 20.8 Å². The first-order valence-corrected chi connectivity index (χ1v) is 7.55. The average Bonchev–Trinajstić information content (AvgIpc) is 2.45. The summed E-state index contributed by atoms with van der Waals surface area (Å²) < 4.78 is 5.37. The summed E-state index contributed by atoms with van der Waals surface area (Å²) in [6.45, 7) is 5.70. The number of amides is 1. The van der Waals surface area contributed by atoms with E-state index in [0.717, 1.165) is 12.0 Å². The molecule has 1 aliphatic heterocycles. The lowest BCUT2D eigenvalue weighted by molar-refractivity contribution is -0.144. The van der Waals surface area contributed by atoms with Crippen molar-refractivity contribution in [3.05, 3.63) is 35.9 Å². The average molecular weight is 305 g/mol. The number of aliphatic carboxylic acids is 1. The van der Waals surface area contributed by atoms with Crippen LogP contribution < -0.4 is 0 Å². The van der Waals surface area contributed by atoms with Gasteiger partial charge in [0.05, 0.1) is 0 Å². The quantitative estimate of drug-likeness (QED) is 0.910. The van der Waals surface area contributed by atoms with Gasteiger partial charge in [-0.25, -0.2) is 9.59 Å². The summed E-state index contributed by atoms with van der Waals surface area (Å²) in [5, 5.41) is 9.36. The Balaban J connectivity index is 2.17. The van der Waals surface area contributed by atoms with Crippen molar-refractivity contribution in [3.8, 4) is 0 Å². The van der Waals surface area contributed by atoms with Gasteiger partial charge >= 0.3 is 12.1 Å². The number of hydrogen-bond donors (Lipinski definition) is 1. The molecule has 1 N–H and O–H groups in total. The SMILES string of the molecule is CC(C)(C)OC(=O)N1C[C@H](c2ccccc2)CC[C@@H]1C(=O)O. The maximum Gasteiger partial charge on any atom is 0.411 e. The highest BCUT2D eigenvalue weighted by Crippen LogP contribution is 2.31. The topological polar surface area (TPSA) is 66.8 Å². The molecule has 22 heavy (non-hydrogen) atoms. The number of nitrogens with zero attached hydrogens (tertiary/aromatic N) is 1. The van der Waals surface area contributed by atoms with Crippen molar-refractivity contribution in [2.75, 3.05) is 6.54 Å². The maximum absolute atomic E-state index is 12.3. The number of ether oxygens (including phenoxy) is 1. The molecule has 5 heteroatoms. The Labute approximate surface area is 130 Å². The van der Waals surface area contributed by atoms with Gasteiger partial charge in [-0.15, -0.1) is 0 Å². The zero-order valence-corrected chi connectivity index (χ0v) is 13.3. The summed E-state index contributed by atoms with van der Waals surface area (Å²) in [6, 6.07) is 9.07. The highest BCUT2D eigenvalue weighted by molar-refractivity contribution is 5.80. The molecule has 5 nitrogen and oxygen atoms in total. The van der Waals surface area contributed by atoms with Gasteiger partial charge < -0.3 is 9.84 Å². The van der Waals surface area contributed by atoms with E-state index in [1.807, 2.05) is 30.3 Å². The lowest BCUT2D eigenvalue weighted by atomic mass is 9.87. The molecule has 0 aromatic heterocycles. The fourth-order valence-electron chi connectivity index (χ4n) is 2.75. The number of rotatable bonds is 2. The number of carbonyl (C=O) groups is 2. The second-order valence-electron chi connectivity index (χ2n) is 6.67. The summed E-state index contributed by atoms with van der Waals surface area (Å²) in [5.74, 6) is -0.832. The molecule has 1 aromatic carbocycles. The minimum atomic E-state index is -0.975. The van der Waals surface area contributed by atoms with Gasteiger partial charge in [-0.3, -0.25) is 4.90 Å². The van der Waals surface area contributed by atoms with Crippen molar-refractivity contribution in [2.24, 2.45) is 0 Å². The van der Waals surface area contributed by atoms with E-state index in [9.17, 15) is 14.7 Å². The van der Waals surface area contributed by atoms with Crippen LogP contribution in [-0.4, -0.2) is 40.3 Å². The molecule has 1 amide bonds. The fourth-order valence-corrected chi connectivity index (χ4v) is 2.75. The van der Waals surface area contributed by atoms with E-state index in [-0.39, 0.29) is 5.92 Å². The van der Waals surface area contributed by atoms with Gasteiger partial charge in [-0.2, -0.15) is 0 Å². The number of carboxylic acid groups (broad SMARTS) is 1. The molecule has 1 heterocycles. The predicted octanol–water partition coefficient (Wildman–Crippen LogP) is 3.25. The van der Waals surface area contributed by atoms with E-state index in [4.69, 9.17) is 4.74 Å². The summed E-state index contributed by atoms with van der Waals surface area (Å²) in [5.41, 5.74) is 0.486. The van der Waals surface area contributed by atoms with Gasteiger partial charge in [0.1, 0.15) is 11.6 Å². The lowest BCUT2D eigenvalue weighted by Crippen LogP contribution is -2.51. The van der Waals surface area contributed by atoms with Crippen molar-refractivity contribution < 1.29 is 19.4 Å².